The summed E-state index contributed by atoms with van der Waals surface area (Å²) in [6.45, 7) is 2.11. The Bertz CT molecular complexity index is 741. The van der Waals surface area contributed by atoms with Gasteiger partial charge in [-0.3, -0.25) is 10.0 Å². The zero-order valence-electron chi connectivity index (χ0n) is 12.5. The Morgan fingerprint density at radius 1 is 1.26 bits per heavy atom. The second kappa shape index (κ2) is 6.50. The number of hydrogen-bond donors (Lipinski definition) is 2. The Morgan fingerprint density at radius 2 is 2.04 bits per heavy atom. The number of rotatable bonds is 4. The molecule has 1 heterocycles. The predicted octanol–water partition coefficient (Wildman–Crippen LogP) is 2.44. The van der Waals surface area contributed by atoms with Gasteiger partial charge in [-0.2, -0.15) is 0 Å². The van der Waals surface area contributed by atoms with Crippen LogP contribution in [0.15, 0.2) is 53.5 Å². The summed E-state index contributed by atoms with van der Waals surface area (Å²) < 4.78 is 11.2. The molecule has 6 nitrogen and oxygen atoms in total. The highest BCUT2D eigenvalue weighted by Gasteiger charge is 2.26. The number of benzene rings is 2. The molecule has 2 aromatic rings. The van der Waals surface area contributed by atoms with Crippen LogP contribution in [0, 0.1) is 6.92 Å². The number of aryl methyl sites for hydroxylation is 1. The van der Waals surface area contributed by atoms with E-state index in [9.17, 15) is 4.79 Å². The van der Waals surface area contributed by atoms with Crippen LogP contribution < -0.4 is 10.2 Å². The molecular formula is C17H16N2O4. The molecule has 1 aliphatic heterocycles. The molecule has 0 fully saturated rings. The summed E-state index contributed by atoms with van der Waals surface area (Å²) in [4.78, 5) is 15.5. The first-order chi connectivity index (χ1) is 11.2. The third-order valence-electron chi connectivity index (χ3n) is 3.40. The molecule has 1 atom stereocenters. The number of carbonyl (C=O) groups is 1. The van der Waals surface area contributed by atoms with Crippen molar-refractivity contribution < 1.29 is 19.5 Å². The van der Waals surface area contributed by atoms with Crippen molar-refractivity contribution in [3.63, 3.8) is 0 Å². The Kier molecular flexibility index (Phi) is 4.25. The van der Waals surface area contributed by atoms with E-state index in [0.29, 0.717) is 17.2 Å². The fraction of sp³-hybridized carbons (Fsp3) is 0.176. The summed E-state index contributed by atoms with van der Waals surface area (Å²) in [5, 5.41) is 8.64. The number of hydroxylamine groups is 1. The minimum atomic E-state index is -0.739. The molecule has 0 aliphatic carbocycles. The average molecular weight is 312 g/mol. The average Bonchev–Trinajstić information content (AvgIpc) is 3.07. The first kappa shape index (κ1) is 15.1. The van der Waals surface area contributed by atoms with E-state index in [1.807, 2.05) is 49.4 Å². The van der Waals surface area contributed by atoms with E-state index in [1.165, 1.54) is 0 Å². The molecule has 2 N–H and O–H groups in total. The highest BCUT2D eigenvalue weighted by atomic mass is 16.5. The highest BCUT2D eigenvalue weighted by Crippen LogP contribution is 2.24. The van der Waals surface area contributed by atoms with Crippen LogP contribution in [0.5, 0.6) is 11.5 Å². The standard InChI is InChI=1S/C17H16N2O4/c1-11-5-7-13(8-6-11)23-14-4-2-3-12(9-14)17-18-15(10-22-17)16(20)19-21/h2-9,15,21H,10H2,1H3,(H,19,20). The SMILES string of the molecule is Cc1ccc(Oc2cccc(C3=NC(C(=O)NO)CO3)c2)cc1. The lowest BCUT2D eigenvalue weighted by Crippen LogP contribution is -2.31. The molecular weight excluding hydrogens is 296 g/mol. The minimum absolute atomic E-state index is 0.102. The van der Waals surface area contributed by atoms with Gasteiger partial charge in [0.05, 0.1) is 0 Å². The van der Waals surface area contributed by atoms with Crippen LogP contribution in [0.2, 0.25) is 0 Å². The van der Waals surface area contributed by atoms with Crippen LogP contribution in [0.4, 0.5) is 0 Å². The van der Waals surface area contributed by atoms with Crippen LogP contribution in [-0.2, 0) is 9.53 Å². The first-order valence-corrected chi connectivity index (χ1v) is 7.15. The van der Waals surface area contributed by atoms with Crippen molar-refractivity contribution in [1.29, 1.82) is 0 Å². The number of amides is 1. The number of hydrogen-bond acceptors (Lipinski definition) is 5. The number of ether oxygens (including phenoxy) is 2. The molecule has 0 aromatic heterocycles. The van der Waals surface area contributed by atoms with Crippen LogP contribution in [-0.4, -0.2) is 29.7 Å². The number of aliphatic imine (C=N–C) groups is 1. The molecule has 0 saturated carbocycles. The molecule has 3 rings (SSSR count). The molecule has 6 heteroatoms. The lowest BCUT2D eigenvalue weighted by molar-refractivity contribution is -0.130. The lowest BCUT2D eigenvalue weighted by Gasteiger charge is -2.08. The third-order valence-corrected chi connectivity index (χ3v) is 3.40. The van der Waals surface area contributed by atoms with Gasteiger partial charge in [0.2, 0.25) is 5.90 Å². The van der Waals surface area contributed by atoms with Gasteiger partial charge in [-0.05, 0) is 37.3 Å². The van der Waals surface area contributed by atoms with E-state index >= 15 is 0 Å². The van der Waals surface area contributed by atoms with Gasteiger partial charge in [0, 0.05) is 5.56 Å². The fourth-order valence-electron chi connectivity index (χ4n) is 2.18. The quantitative estimate of drug-likeness (QED) is 0.671. The number of carbonyl (C=O) groups excluding carboxylic acids is 1. The maximum Gasteiger partial charge on any atom is 0.271 e. The van der Waals surface area contributed by atoms with Crippen molar-refractivity contribution in [3.05, 3.63) is 59.7 Å². The van der Waals surface area contributed by atoms with Crippen molar-refractivity contribution in [2.45, 2.75) is 13.0 Å². The molecule has 23 heavy (non-hydrogen) atoms. The van der Waals surface area contributed by atoms with Crippen molar-refractivity contribution in [1.82, 2.24) is 5.48 Å². The molecule has 1 unspecified atom stereocenters. The first-order valence-electron chi connectivity index (χ1n) is 7.15. The second-order valence-electron chi connectivity index (χ2n) is 5.18. The Labute approximate surface area is 133 Å². The monoisotopic (exact) mass is 312 g/mol. The molecule has 0 saturated heterocycles. The maximum atomic E-state index is 11.4. The van der Waals surface area contributed by atoms with Gasteiger partial charge in [-0.15, -0.1) is 0 Å². The summed E-state index contributed by atoms with van der Waals surface area (Å²) >= 11 is 0. The third kappa shape index (κ3) is 3.49. The highest BCUT2D eigenvalue weighted by molar-refractivity contribution is 5.98. The van der Waals surface area contributed by atoms with Crippen LogP contribution >= 0.6 is 0 Å². The Balaban J connectivity index is 1.78. The molecule has 2 aromatic carbocycles. The van der Waals surface area contributed by atoms with Gasteiger partial charge < -0.3 is 9.47 Å². The van der Waals surface area contributed by atoms with E-state index in [2.05, 4.69) is 4.99 Å². The molecule has 1 aliphatic rings. The zero-order valence-corrected chi connectivity index (χ0v) is 12.5. The molecule has 118 valence electrons. The fourth-order valence-corrected chi connectivity index (χ4v) is 2.18. The van der Waals surface area contributed by atoms with Gasteiger partial charge in [0.15, 0.2) is 6.04 Å². The normalized spacial score (nSPS) is 16.4. The second-order valence-corrected chi connectivity index (χ2v) is 5.18. The number of nitrogens with zero attached hydrogens (tertiary/aromatic N) is 1. The van der Waals surface area contributed by atoms with Crippen molar-refractivity contribution in [2.75, 3.05) is 6.61 Å². The predicted molar refractivity (Wildman–Crippen MR) is 83.9 cm³/mol. The van der Waals surface area contributed by atoms with Crippen molar-refractivity contribution >= 4 is 11.8 Å². The van der Waals surface area contributed by atoms with Crippen LogP contribution in [0.25, 0.3) is 0 Å². The Morgan fingerprint density at radius 3 is 2.78 bits per heavy atom. The smallest absolute Gasteiger partial charge is 0.271 e. The molecule has 0 spiro atoms. The van der Waals surface area contributed by atoms with Crippen LogP contribution in [0.1, 0.15) is 11.1 Å². The summed E-state index contributed by atoms with van der Waals surface area (Å²) in [7, 11) is 0. The van der Waals surface area contributed by atoms with Crippen LogP contribution in [0.3, 0.4) is 0 Å². The largest absolute Gasteiger partial charge is 0.475 e. The molecule has 0 bridgehead atoms. The van der Waals surface area contributed by atoms with E-state index in [0.717, 1.165) is 11.3 Å². The van der Waals surface area contributed by atoms with Gasteiger partial charge in [-0.1, -0.05) is 23.8 Å². The molecule has 1 amide bonds. The maximum absolute atomic E-state index is 11.4. The Hall–Kier alpha value is -2.86. The van der Waals surface area contributed by atoms with E-state index in [4.69, 9.17) is 14.7 Å². The lowest BCUT2D eigenvalue weighted by atomic mass is 10.2. The topological polar surface area (TPSA) is 80.2 Å². The van der Waals surface area contributed by atoms with Gasteiger partial charge >= 0.3 is 0 Å². The van der Waals surface area contributed by atoms with E-state index < -0.39 is 11.9 Å². The minimum Gasteiger partial charge on any atom is -0.475 e. The van der Waals surface area contributed by atoms with Crippen molar-refractivity contribution in [3.8, 4) is 11.5 Å². The van der Waals surface area contributed by atoms with Gasteiger partial charge in [0.25, 0.3) is 5.91 Å². The summed E-state index contributed by atoms with van der Waals surface area (Å²) in [6.07, 6.45) is 0. The van der Waals surface area contributed by atoms with Gasteiger partial charge in [-0.25, -0.2) is 10.5 Å². The van der Waals surface area contributed by atoms with E-state index in [-0.39, 0.29) is 6.61 Å². The summed E-state index contributed by atoms with van der Waals surface area (Å²) in [6, 6.07) is 14.3. The summed E-state index contributed by atoms with van der Waals surface area (Å²) in [5.74, 6) is 1.15. The zero-order chi connectivity index (χ0) is 16.2. The van der Waals surface area contributed by atoms with Gasteiger partial charge in [0.1, 0.15) is 18.1 Å². The van der Waals surface area contributed by atoms with E-state index in [1.54, 1.807) is 11.5 Å². The molecule has 0 radical (unpaired) electrons. The number of nitrogens with one attached hydrogen (secondary N) is 1. The summed E-state index contributed by atoms with van der Waals surface area (Å²) in [5.41, 5.74) is 3.45. The van der Waals surface area contributed by atoms with Crippen molar-refractivity contribution in [2.24, 2.45) is 4.99 Å².